The Balaban J connectivity index is 1.88. The van der Waals surface area contributed by atoms with E-state index in [0.717, 1.165) is 5.56 Å². The number of methoxy groups -OCH3 is 2. The third-order valence-corrected chi connectivity index (χ3v) is 4.83. The Morgan fingerprint density at radius 1 is 0.906 bits per heavy atom. The molecule has 2 rings (SSSR count). The first kappa shape index (κ1) is 24.7. The van der Waals surface area contributed by atoms with E-state index in [0.29, 0.717) is 23.6 Å². The molecule has 0 bridgehead atoms. The van der Waals surface area contributed by atoms with Crippen LogP contribution in [0.4, 0.5) is 0 Å². The quantitative estimate of drug-likeness (QED) is 0.496. The molecule has 3 N–H and O–H groups in total. The van der Waals surface area contributed by atoms with Crippen molar-refractivity contribution in [3.8, 4) is 11.5 Å². The van der Waals surface area contributed by atoms with Crippen LogP contribution in [0, 0.1) is 5.92 Å². The summed E-state index contributed by atoms with van der Waals surface area (Å²) < 4.78 is 10.4. The molecule has 0 aliphatic heterocycles. The normalized spacial score (nSPS) is 11.4. The molecule has 0 fully saturated rings. The van der Waals surface area contributed by atoms with Crippen LogP contribution in [0.2, 0.25) is 0 Å². The lowest BCUT2D eigenvalue weighted by atomic mass is 10.0. The van der Waals surface area contributed by atoms with Gasteiger partial charge in [0, 0.05) is 31.1 Å². The maximum atomic E-state index is 12.7. The van der Waals surface area contributed by atoms with Gasteiger partial charge in [0.2, 0.25) is 11.8 Å². The van der Waals surface area contributed by atoms with Gasteiger partial charge in [-0.2, -0.15) is 0 Å². The highest BCUT2D eigenvalue weighted by Crippen LogP contribution is 2.22. The second kappa shape index (κ2) is 12.3. The topological polar surface area (TPSA) is 106 Å². The van der Waals surface area contributed by atoms with Gasteiger partial charge in [-0.1, -0.05) is 44.2 Å². The molecule has 0 heterocycles. The minimum Gasteiger partial charge on any atom is -0.497 e. The van der Waals surface area contributed by atoms with E-state index in [1.807, 2.05) is 44.2 Å². The van der Waals surface area contributed by atoms with E-state index in [4.69, 9.17) is 9.47 Å². The summed E-state index contributed by atoms with van der Waals surface area (Å²) >= 11 is 0. The van der Waals surface area contributed by atoms with E-state index < -0.39 is 11.9 Å². The number of rotatable bonds is 11. The molecule has 0 aliphatic carbocycles. The smallest absolute Gasteiger partial charge is 0.252 e. The number of hydrogen-bond donors (Lipinski definition) is 3. The zero-order valence-corrected chi connectivity index (χ0v) is 18.9. The molecule has 0 aliphatic rings. The van der Waals surface area contributed by atoms with Gasteiger partial charge in [-0.3, -0.25) is 14.4 Å². The van der Waals surface area contributed by atoms with Gasteiger partial charge >= 0.3 is 0 Å². The number of carbonyl (C=O) groups is 3. The molecule has 0 radical (unpaired) electrons. The fourth-order valence-corrected chi connectivity index (χ4v) is 2.99. The van der Waals surface area contributed by atoms with Crippen molar-refractivity contribution in [1.29, 1.82) is 0 Å². The van der Waals surface area contributed by atoms with E-state index in [9.17, 15) is 14.4 Å². The Kier molecular flexibility index (Phi) is 9.53. The first-order valence-corrected chi connectivity index (χ1v) is 10.5. The van der Waals surface area contributed by atoms with Crippen molar-refractivity contribution >= 4 is 17.7 Å². The van der Waals surface area contributed by atoms with E-state index in [2.05, 4.69) is 16.0 Å². The Morgan fingerprint density at radius 2 is 1.53 bits per heavy atom. The molecule has 8 nitrogen and oxygen atoms in total. The molecule has 8 heteroatoms. The van der Waals surface area contributed by atoms with Crippen LogP contribution in [0.1, 0.15) is 36.2 Å². The SMILES string of the molecule is COc1cc(OC)cc(C(=O)N[C@@H](C(=O)NCCC(=O)NCc2ccccc2)C(C)C)c1. The maximum absolute atomic E-state index is 12.7. The summed E-state index contributed by atoms with van der Waals surface area (Å²) in [6.07, 6.45) is 0.143. The van der Waals surface area contributed by atoms with Gasteiger partial charge in [-0.05, 0) is 23.6 Å². The van der Waals surface area contributed by atoms with Crippen LogP contribution in [0.3, 0.4) is 0 Å². The van der Waals surface area contributed by atoms with E-state index in [-0.39, 0.29) is 30.7 Å². The zero-order valence-electron chi connectivity index (χ0n) is 18.9. The molecule has 0 saturated carbocycles. The zero-order chi connectivity index (χ0) is 23.5. The summed E-state index contributed by atoms with van der Waals surface area (Å²) in [5.74, 6) is -0.139. The second-order valence-corrected chi connectivity index (χ2v) is 7.60. The van der Waals surface area contributed by atoms with Gasteiger partial charge in [0.25, 0.3) is 5.91 Å². The first-order chi connectivity index (χ1) is 15.3. The van der Waals surface area contributed by atoms with E-state index in [1.54, 1.807) is 18.2 Å². The van der Waals surface area contributed by atoms with Crippen molar-refractivity contribution in [2.24, 2.45) is 5.92 Å². The predicted molar refractivity (Wildman–Crippen MR) is 122 cm³/mol. The van der Waals surface area contributed by atoms with Crippen molar-refractivity contribution < 1.29 is 23.9 Å². The number of benzene rings is 2. The van der Waals surface area contributed by atoms with Crippen molar-refractivity contribution in [1.82, 2.24) is 16.0 Å². The maximum Gasteiger partial charge on any atom is 0.252 e. The van der Waals surface area contributed by atoms with Gasteiger partial charge < -0.3 is 25.4 Å². The van der Waals surface area contributed by atoms with Crippen LogP contribution in [-0.2, 0) is 16.1 Å². The highest BCUT2D eigenvalue weighted by atomic mass is 16.5. The van der Waals surface area contributed by atoms with Gasteiger partial charge in [-0.15, -0.1) is 0 Å². The molecule has 32 heavy (non-hydrogen) atoms. The van der Waals surface area contributed by atoms with Crippen LogP contribution < -0.4 is 25.4 Å². The summed E-state index contributed by atoms with van der Waals surface area (Å²) in [6, 6.07) is 13.6. The summed E-state index contributed by atoms with van der Waals surface area (Å²) in [5, 5.41) is 8.30. The molecule has 2 aromatic rings. The minimum atomic E-state index is -0.757. The number of ether oxygens (including phenoxy) is 2. The third kappa shape index (κ3) is 7.61. The average molecular weight is 442 g/mol. The standard InChI is InChI=1S/C24H31N3O5/c1-16(2)22(27-23(29)18-12-19(31-3)14-20(13-18)32-4)24(30)25-11-10-21(28)26-15-17-8-6-5-7-9-17/h5-9,12-14,16,22H,10-11,15H2,1-4H3,(H,25,30)(H,26,28)(H,27,29)/t22-/m1/s1. The highest BCUT2D eigenvalue weighted by molar-refractivity contribution is 5.98. The molecule has 0 aromatic heterocycles. The molecule has 0 saturated heterocycles. The lowest BCUT2D eigenvalue weighted by molar-refractivity contribution is -0.124. The molecule has 3 amide bonds. The van der Waals surface area contributed by atoms with E-state index >= 15 is 0 Å². The monoisotopic (exact) mass is 441 g/mol. The number of hydrogen-bond acceptors (Lipinski definition) is 5. The Bertz CT molecular complexity index is 893. The van der Waals surface area contributed by atoms with Crippen LogP contribution >= 0.6 is 0 Å². The van der Waals surface area contributed by atoms with Crippen LogP contribution in [0.15, 0.2) is 48.5 Å². The molecule has 1 atom stereocenters. The Labute approximate surface area is 188 Å². The van der Waals surface area contributed by atoms with Gasteiger partial charge in [-0.25, -0.2) is 0 Å². The van der Waals surface area contributed by atoms with Crippen molar-refractivity contribution in [2.45, 2.75) is 32.9 Å². The first-order valence-electron chi connectivity index (χ1n) is 10.5. The molecule has 172 valence electrons. The number of nitrogens with one attached hydrogen (secondary N) is 3. The van der Waals surface area contributed by atoms with Crippen LogP contribution in [-0.4, -0.2) is 44.5 Å². The van der Waals surface area contributed by atoms with Gasteiger partial charge in [0.1, 0.15) is 17.5 Å². The van der Waals surface area contributed by atoms with Crippen molar-refractivity contribution in [3.05, 3.63) is 59.7 Å². The summed E-state index contributed by atoms with van der Waals surface area (Å²) in [7, 11) is 2.99. The largest absolute Gasteiger partial charge is 0.497 e. The molecule has 0 unspecified atom stereocenters. The van der Waals surface area contributed by atoms with Gasteiger partial charge in [0.05, 0.1) is 14.2 Å². The number of amides is 3. The molecule has 0 spiro atoms. The fourth-order valence-electron chi connectivity index (χ4n) is 2.99. The summed E-state index contributed by atoms with van der Waals surface area (Å²) in [6.45, 7) is 4.28. The fraction of sp³-hybridized carbons (Fsp3) is 0.375. The second-order valence-electron chi connectivity index (χ2n) is 7.60. The molecule has 2 aromatic carbocycles. The number of carbonyl (C=O) groups excluding carboxylic acids is 3. The predicted octanol–water partition coefficient (Wildman–Crippen LogP) is 2.28. The molecular weight excluding hydrogens is 410 g/mol. The van der Waals surface area contributed by atoms with Gasteiger partial charge in [0.15, 0.2) is 0 Å². The highest BCUT2D eigenvalue weighted by Gasteiger charge is 2.25. The summed E-state index contributed by atoms with van der Waals surface area (Å²) in [4.78, 5) is 37.4. The third-order valence-electron chi connectivity index (χ3n) is 4.83. The summed E-state index contributed by atoms with van der Waals surface area (Å²) in [5.41, 5.74) is 1.32. The lowest BCUT2D eigenvalue weighted by Crippen LogP contribution is -2.50. The minimum absolute atomic E-state index is 0.143. The van der Waals surface area contributed by atoms with Crippen LogP contribution in [0.5, 0.6) is 11.5 Å². The van der Waals surface area contributed by atoms with E-state index in [1.165, 1.54) is 14.2 Å². The van der Waals surface area contributed by atoms with Crippen LogP contribution in [0.25, 0.3) is 0 Å². The van der Waals surface area contributed by atoms with Crippen molar-refractivity contribution in [3.63, 3.8) is 0 Å². The van der Waals surface area contributed by atoms with Crippen molar-refractivity contribution in [2.75, 3.05) is 20.8 Å². The average Bonchev–Trinajstić information content (AvgIpc) is 2.80. The molecular formula is C24H31N3O5. The Hall–Kier alpha value is -3.55. The Morgan fingerprint density at radius 3 is 2.09 bits per heavy atom. The lowest BCUT2D eigenvalue weighted by Gasteiger charge is -2.22.